The second kappa shape index (κ2) is 4.99. The molecular weight excluding hydrogens is 236 g/mol. The average molecular weight is 264 g/mol. The fourth-order valence-electron chi connectivity index (χ4n) is 5.35. The molecule has 0 aromatic heterocycles. The van der Waals surface area contributed by atoms with Crippen molar-refractivity contribution in [2.45, 2.75) is 64.8 Å². The van der Waals surface area contributed by atoms with Crippen LogP contribution in [0.1, 0.15) is 58.8 Å². The maximum atomic E-state index is 11.9. The normalized spacial score (nSPS) is 41.1. The standard InChI is InChI=1S/C16H28N2O/c1-3-4-17-15(19)18-11(2)16-8-12-5-13(9-16)7-14(6-12)10-16/h11-14H,3-10H2,1-2H3,(H2,17,18,19)/t11-,12?,13?,14?,16?/m0/s1. The Kier molecular flexibility index (Phi) is 3.48. The van der Waals surface area contributed by atoms with Crippen LogP contribution >= 0.6 is 0 Å². The molecular formula is C16H28N2O. The molecule has 2 amide bonds. The number of hydrogen-bond acceptors (Lipinski definition) is 1. The first-order chi connectivity index (χ1) is 9.11. The van der Waals surface area contributed by atoms with Gasteiger partial charge in [-0.15, -0.1) is 0 Å². The van der Waals surface area contributed by atoms with Gasteiger partial charge in [0.15, 0.2) is 0 Å². The van der Waals surface area contributed by atoms with E-state index in [9.17, 15) is 4.79 Å². The molecule has 4 aliphatic rings. The minimum absolute atomic E-state index is 0.0325. The van der Waals surface area contributed by atoms with Crippen molar-refractivity contribution in [1.29, 1.82) is 0 Å². The van der Waals surface area contributed by atoms with Crippen molar-refractivity contribution in [2.75, 3.05) is 6.54 Å². The Balaban J connectivity index is 1.63. The van der Waals surface area contributed by atoms with E-state index in [0.29, 0.717) is 11.5 Å². The highest BCUT2D eigenvalue weighted by atomic mass is 16.2. The molecule has 3 nitrogen and oxygen atoms in total. The molecule has 0 unspecified atom stereocenters. The molecule has 0 radical (unpaired) electrons. The third kappa shape index (κ3) is 2.48. The first-order valence-corrected chi connectivity index (χ1v) is 8.15. The van der Waals surface area contributed by atoms with Crippen molar-refractivity contribution in [3.8, 4) is 0 Å². The number of rotatable bonds is 4. The highest BCUT2D eigenvalue weighted by Crippen LogP contribution is 2.61. The van der Waals surface area contributed by atoms with E-state index in [4.69, 9.17) is 0 Å². The third-order valence-electron chi connectivity index (χ3n) is 5.89. The molecule has 0 aromatic carbocycles. The molecule has 4 bridgehead atoms. The Morgan fingerprint density at radius 1 is 1.16 bits per heavy atom. The zero-order valence-electron chi connectivity index (χ0n) is 12.4. The number of amides is 2. The topological polar surface area (TPSA) is 41.1 Å². The van der Waals surface area contributed by atoms with Gasteiger partial charge >= 0.3 is 6.03 Å². The predicted octanol–water partition coefficient (Wildman–Crippen LogP) is 3.30. The molecule has 0 spiro atoms. The molecule has 4 aliphatic carbocycles. The van der Waals surface area contributed by atoms with Crippen LogP contribution in [-0.4, -0.2) is 18.6 Å². The van der Waals surface area contributed by atoms with E-state index in [1.807, 2.05) is 0 Å². The Bertz CT molecular complexity index is 317. The summed E-state index contributed by atoms with van der Waals surface area (Å²) in [6.45, 7) is 5.10. The van der Waals surface area contributed by atoms with Crippen molar-refractivity contribution in [3.63, 3.8) is 0 Å². The van der Waals surface area contributed by atoms with Crippen LogP contribution in [-0.2, 0) is 0 Å². The lowest BCUT2D eigenvalue weighted by Gasteiger charge is -2.59. The summed E-state index contributed by atoms with van der Waals surface area (Å²) < 4.78 is 0. The SMILES string of the molecule is CCCNC(=O)N[C@@H](C)C12CC3CC(CC(C3)C1)C2. The summed E-state index contributed by atoms with van der Waals surface area (Å²) in [6, 6.07) is 0.364. The molecule has 2 N–H and O–H groups in total. The second-order valence-electron chi connectivity index (χ2n) is 7.40. The van der Waals surface area contributed by atoms with Gasteiger partial charge in [-0.3, -0.25) is 0 Å². The number of hydrogen-bond donors (Lipinski definition) is 2. The van der Waals surface area contributed by atoms with E-state index >= 15 is 0 Å². The molecule has 0 saturated heterocycles. The number of urea groups is 1. The van der Waals surface area contributed by atoms with Crippen molar-refractivity contribution < 1.29 is 4.79 Å². The van der Waals surface area contributed by atoms with Gasteiger partial charge < -0.3 is 10.6 Å². The van der Waals surface area contributed by atoms with Gasteiger partial charge in [-0.25, -0.2) is 4.79 Å². The van der Waals surface area contributed by atoms with E-state index < -0.39 is 0 Å². The van der Waals surface area contributed by atoms with E-state index in [-0.39, 0.29) is 6.03 Å². The van der Waals surface area contributed by atoms with Crippen molar-refractivity contribution in [2.24, 2.45) is 23.2 Å². The minimum atomic E-state index is 0.0325. The molecule has 4 saturated carbocycles. The average Bonchev–Trinajstić information content (AvgIpc) is 2.34. The van der Waals surface area contributed by atoms with Gasteiger partial charge in [-0.2, -0.15) is 0 Å². The van der Waals surface area contributed by atoms with Crippen molar-refractivity contribution >= 4 is 6.03 Å². The van der Waals surface area contributed by atoms with Crippen molar-refractivity contribution in [1.82, 2.24) is 10.6 Å². The van der Waals surface area contributed by atoms with Gasteiger partial charge in [0.1, 0.15) is 0 Å². The summed E-state index contributed by atoms with van der Waals surface area (Å²) in [4.78, 5) is 11.9. The van der Waals surface area contributed by atoms with E-state index in [2.05, 4.69) is 24.5 Å². The van der Waals surface area contributed by atoms with Gasteiger partial charge in [0.2, 0.25) is 0 Å². The monoisotopic (exact) mass is 264 g/mol. The highest BCUT2D eigenvalue weighted by molar-refractivity contribution is 5.74. The molecule has 0 heterocycles. The lowest BCUT2D eigenvalue weighted by atomic mass is 9.48. The Hall–Kier alpha value is -0.730. The molecule has 3 heteroatoms. The van der Waals surface area contributed by atoms with Gasteiger partial charge in [0.05, 0.1) is 0 Å². The summed E-state index contributed by atoms with van der Waals surface area (Å²) in [5, 5.41) is 6.17. The van der Waals surface area contributed by atoms with Gasteiger partial charge in [0.25, 0.3) is 0 Å². The van der Waals surface area contributed by atoms with Crippen LogP contribution in [0.25, 0.3) is 0 Å². The van der Waals surface area contributed by atoms with Crippen LogP contribution in [0.3, 0.4) is 0 Å². The maximum Gasteiger partial charge on any atom is 0.315 e. The van der Waals surface area contributed by atoms with Gasteiger partial charge in [-0.05, 0) is 75.0 Å². The highest BCUT2D eigenvalue weighted by Gasteiger charge is 2.53. The summed E-state index contributed by atoms with van der Waals surface area (Å²) >= 11 is 0. The summed E-state index contributed by atoms with van der Waals surface area (Å²) in [5.74, 6) is 2.86. The van der Waals surface area contributed by atoms with Crippen LogP contribution in [0.5, 0.6) is 0 Å². The van der Waals surface area contributed by atoms with Gasteiger partial charge in [0, 0.05) is 12.6 Å². The largest absolute Gasteiger partial charge is 0.338 e. The van der Waals surface area contributed by atoms with Crippen molar-refractivity contribution in [3.05, 3.63) is 0 Å². The zero-order valence-corrected chi connectivity index (χ0v) is 12.4. The summed E-state index contributed by atoms with van der Waals surface area (Å²) in [7, 11) is 0. The van der Waals surface area contributed by atoms with Crippen LogP contribution in [0, 0.1) is 23.2 Å². The fraction of sp³-hybridized carbons (Fsp3) is 0.938. The number of carbonyl (C=O) groups excluding carboxylic acids is 1. The molecule has 4 rings (SSSR count). The summed E-state index contributed by atoms with van der Waals surface area (Å²) in [6.07, 6.45) is 9.46. The van der Waals surface area contributed by atoms with E-state index in [1.54, 1.807) is 0 Å². The van der Waals surface area contributed by atoms with Crippen LogP contribution in [0.2, 0.25) is 0 Å². The maximum absolute atomic E-state index is 11.9. The van der Waals surface area contributed by atoms with Crippen LogP contribution in [0.15, 0.2) is 0 Å². The first kappa shape index (κ1) is 13.3. The second-order valence-corrected chi connectivity index (χ2v) is 7.40. The molecule has 108 valence electrons. The minimum Gasteiger partial charge on any atom is -0.338 e. The van der Waals surface area contributed by atoms with E-state index in [1.165, 1.54) is 38.5 Å². The predicted molar refractivity (Wildman–Crippen MR) is 76.9 cm³/mol. The zero-order chi connectivity index (χ0) is 13.5. The quantitative estimate of drug-likeness (QED) is 0.803. The lowest BCUT2D eigenvalue weighted by molar-refractivity contribution is -0.0682. The number of nitrogens with one attached hydrogen (secondary N) is 2. The van der Waals surface area contributed by atoms with Crippen LogP contribution < -0.4 is 10.6 Å². The molecule has 4 fully saturated rings. The Morgan fingerprint density at radius 3 is 2.16 bits per heavy atom. The first-order valence-electron chi connectivity index (χ1n) is 8.15. The molecule has 19 heavy (non-hydrogen) atoms. The Morgan fingerprint density at radius 2 is 1.68 bits per heavy atom. The summed E-state index contributed by atoms with van der Waals surface area (Å²) in [5.41, 5.74) is 0.415. The van der Waals surface area contributed by atoms with Gasteiger partial charge in [-0.1, -0.05) is 6.92 Å². The number of carbonyl (C=O) groups is 1. The fourth-order valence-corrected chi connectivity index (χ4v) is 5.35. The molecule has 1 atom stereocenters. The van der Waals surface area contributed by atoms with Crippen LogP contribution in [0.4, 0.5) is 4.79 Å². The third-order valence-corrected chi connectivity index (χ3v) is 5.89. The Labute approximate surface area is 116 Å². The molecule has 0 aromatic rings. The van der Waals surface area contributed by atoms with E-state index in [0.717, 1.165) is 30.7 Å². The smallest absolute Gasteiger partial charge is 0.315 e. The lowest BCUT2D eigenvalue weighted by Crippen LogP contribution is -2.57. The molecule has 0 aliphatic heterocycles.